The van der Waals surface area contributed by atoms with Crippen molar-refractivity contribution in [2.75, 3.05) is 51.6 Å². The Bertz CT molecular complexity index is 1610. The van der Waals surface area contributed by atoms with E-state index in [1.54, 1.807) is 24.3 Å². The van der Waals surface area contributed by atoms with Crippen LogP contribution in [0.15, 0.2) is 48.5 Å². The lowest BCUT2D eigenvalue weighted by molar-refractivity contribution is -0.110. The predicted molar refractivity (Wildman–Crippen MR) is 178 cm³/mol. The Balaban J connectivity index is 1.18. The second-order valence-corrected chi connectivity index (χ2v) is 12.6. The number of aromatic amines is 1. The lowest BCUT2D eigenvalue weighted by Crippen LogP contribution is -2.54. The molecule has 3 N–H and O–H groups in total. The topological polar surface area (TPSA) is 101 Å². The van der Waals surface area contributed by atoms with Gasteiger partial charge in [-0.05, 0) is 88.6 Å². The highest BCUT2D eigenvalue weighted by atomic mass is 16.2. The number of piperidine rings is 1. The van der Waals surface area contributed by atoms with Crippen LogP contribution in [0.3, 0.4) is 0 Å². The van der Waals surface area contributed by atoms with Gasteiger partial charge in [0.15, 0.2) is 0 Å². The maximum Gasteiger partial charge on any atom is 0.256 e. The summed E-state index contributed by atoms with van der Waals surface area (Å²) in [5.41, 5.74) is 6.35. The fourth-order valence-electron chi connectivity index (χ4n) is 7.01. The molecule has 0 spiro atoms. The van der Waals surface area contributed by atoms with Gasteiger partial charge in [0.25, 0.3) is 17.7 Å². The predicted octanol–water partition coefficient (Wildman–Crippen LogP) is 4.86. The molecule has 1 atom stereocenters. The average Bonchev–Trinajstić information content (AvgIpc) is 3.52. The van der Waals surface area contributed by atoms with Gasteiger partial charge in [0, 0.05) is 60.4 Å². The van der Waals surface area contributed by atoms with Crippen molar-refractivity contribution in [1.29, 1.82) is 0 Å². The van der Waals surface area contributed by atoms with Crippen LogP contribution in [-0.4, -0.2) is 89.8 Å². The molecular weight excluding hydrogens is 564 g/mol. The normalized spacial score (nSPS) is 19.4. The first-order chi connectivity index (χ1) is 21.7. The van der Waals surface area contributed by atoms with Crippen LogP contribution in [0.5, 0.6) is 0 Å². The summed E-state index contributed by atoms with van der Waals surface area (Å²) in [6.07, 6.45) is 4.94. The molecule has 2 fully saturated rings. The van der Waals surface area contributed by atoms with E-state index in [-0.39, 0.29) is 23.8 Å². The zero-order valence-electron chi connectivity index (χ0n) is 26.8. The van der Waals surface area contributed by atoms with Gasteiger partial charge in [-0.15, -0.1) is 0 Å². The largest absolute Gasteiger partial charge is 0.358 e. The molecule has 0 saturated carbocycles. The first-order valence-corrected chi connectivity index (χ1v) is 16.2. The molecule has 3 amide bonds. The van der Waals surface area contributed by atoms with Crippen molar-refractivity contribution >= 4 is 35.1 Å². The van der Waals surface area contributed by atoms with E-state index < -0.39 is 0 Å². The van der Waals surface area contributed by atoms with Crippen molar-refractivity contribution in [2.45, 2.75) is 52.1 Å². The van der Waals surface area contributed by atoms with E-state index in [1.807, 2.05) is 56.0 Å². The number of nitrogens with zero attached hydrogens (tertiary/aromatic N) is 3. The molecule has 2 saturated heterocycles. The molecule has 9 nitrogen and oxygen atoms in total. The van der Waals surface area contributed by atoms with E-state index in [0.29, 0.717) is 34.0 Å². The number of carbonyl (C=O) groups is 3. The van der Waals surface area contributed by atoms with Crippen LogP contribution < -0.4 is 10.6 Å². The first kappa shape index (κ1) is 30.8. The number of benzene rings is 2. The van der Waals surface area contributed by atoms with Crippen LogP contribution in [0.4, 0.5) is 5.69 Å². The molecule has 0 radical (unpaired) electrons. The monoisotopic (exact) mass is 608 g/mol. The van der Waals surface area contributed by atoms with Crippen molar-refractivity contribution in [1.82, 2.24) is 25.0 Å². The Labute approximate surface area is 265 Å². The highest BCUT2D eigenvalue weighted by Crippen LogP contribution is 2.35. The highest BCUT2D eigenvalue weighted by Gasteiger charge is 2.31. The second-order valence-electron chi connectivity index (χ2n) is 12.6. The summed E-state index contributed by atoms with van der Waals surface area (Å²) < 4.78 is 0. The number of aryl methyl sites for hydroxylation is 1. The molecule has 6 rings (SSSR count). The quantitative estimate of drug-likeness (QED) is 0.333. The number of aromatic nitrogens is 1. The molecule has 3 aliphatic heterocycles. The maximum absolute atomic E-state index is 13.8. The Morgan fingerprint density at radius 1 is 1.00 bits per heavy atom. The van der Waals surface area contributed by atoms with Crippen LogP contribution in [0, 0.1) is 13.8 Å². The van der Waals surface area contributed by atoms with Crippen LogP contribution in [-0.2, 0) is 4.79 Å². The fourth-order valence-corrected chi connectivity index (χ4v) is 7.01. The molecule has 0 unspecified atom stereocenters. The number of H-pyrrole nitrogens is 1. The average molecular weight is 609 g/mol. The van der Waals surface area contributed by atoms with Crippen molar-refractivity contribution in [3.8, 4) is 0 Å². The Kier molecular flexibility index (Phi) is 8.92. The highest BCUT2D eigenvalue weighted by molar-refractivity contribution is 6.35. The minimum absolute atomic E-state index is 0.0352. The smallest absolute Gasteiger partial charge is 0.256 e. The van der Waals surface area contributed by atoms with Gasteiger partial charge in [-0.2, -0.15) is 0 Å². The van der Waals surface area contributed by atoms with E-state index in [4.69, 9.17) is 0 Å². The molecule has 3 aromatic rings. The molecule has 3 aliphatic rings. The maximum atomic E-state index is 13.8. The number of rotatable bonds is 7. The third-order valence-electron chi connectivity index (χ3n) is 9.76. The molecular formula is C36H44N6O3. The van der Waals surface area contributed by atoms with Crippen molar-refractivity contribution in [2.24, 2.45) is 0 Å². The van der Waals surface area contributed by atoms with Crippen molar-refractivity contribution < 1.29 is 14.4 Å². The van der Waals surface area contributed by atoms with Gasteiger partial charge in [-0.1, -0.05) is 37.3 Å². The molecule has 236 valence electrons. The lowest BCUT2D eigenvalue weighted by atomic mass is 10.00. The van der Waals surface area contributed by atoms with Gasteiger partial charge in [0.2, 0.25) is 0 Å². The summed E-state index contributed by atoms with van der Waals surface area (Å²) in [4.78, 5) is 50.4. The van der Waals surface area contributed by atoms with E-state index in [9.17, 15) is 14.4 Å². The summed E-state index contributed by atoms with van der Waals surface area (Å²) in [5, 5.41) is 6.06. The minimum atomic E-state index is -0.233. The van der Waals surface area contributed by atoms with E-state index in [0.717, 1.165) is 68.2 Å². The van der Waals surface area contributed by atoms with Gasteiger partial charge in [0.05, 0.1) is 17.2 Å². The third kappa shape index (κ3) is 6.32. The second kappa shape index (κ2) is 13.0. The molecule has 9 heteroatoms. The van der Waals surface area contributed by atoms with Gasteiger partial charge >= 0.3 is 0 Å². The van der Waals surface area contributed by atoms with Crippen molar-refractivity contribution in [3.63, 3.8) is 0 Å². The SMILES string of the molecule is CC[C@H](NC(=O)c1ccc2c(c1)C(=Cc1[nH]c(C)c(C(=O)N3CCN(C4CCN(C)CC4)CC3)c1C)C(=O)N2)c1ccccc1. The number of anilines is 1. The molecule has 2 aromatic carbocycles. The number of nitrogens with one attached hydrogen (secondary N) is 3. The van der Waals surface area contributed by atoms with Crippen LogP contribution in [0.25, 0.3) is 11.6 Å². The fraction of sp³-hybridized carbons (Fsp3) is 0.417. The zero-order chi connectivity index (χ0) is 31.7. The Morgan fingerprint density at radius 3 is 2.40 bits per heavy atom. The zero-order valence-corrected chi connectivity index (χ0v) is 26.8. The summed E-state index contributed by atoms with van der Waals surface area (Å²) in [5.74, 6) is -0.390. The molecule has 0 aliphatic carbocycles. The molecule has 0 bridgehead atoms. The lowest BCUT2D eigenvalue weighted by Gasteiger charge is -2.42. The number of amides is 3. The summed E-state index contributed by atoms with van der Waals surface area (Å²) in [6, 6.07) is 15.7. The molecule has 45 heavy (non-hydrogen) atoms. The van der Waals surface area contributed by atoms with Crippen molar-refractivity contribution in [3.05, 3.63) is 87.7 Å². The Hall–Kier alpha value is -4.21. The van der Waals surface area contributed by atoms with Crippen LogP contribution in [0.2, 0.25) is 0 Å². The van der Waals surface area contributed by atoms with Gasteiger partial charge < -0.3 is 25.4 Å². The number of likely N-dealkylation sites (tertiary alicyclic amines) is 1. The standard InChI is InChI=1S/C36H44N6O3/c1-5-30(25-9-7-6-8-10-25)38-34(43)26-11-12-31-28(21-26)29(35(44)39-31)22-32-23(2)33(24(3)37-32)36(45)42-19-17-41(18-20-42)27-13-15-40(4)16-14-27/h6-12,21-22,27,30,37H,5,13-20H2,1-4H3,(H,38,43)(H,39,44)/t30-/m0/s1. The third-order valence-corrected chi connectivity index (χ3v) is 9.76. The van der Waals surface area contributed by atoms with Crippen LogP contribution in [0.1, 0.15) is 81.0 Å². The summed E-state index contributed by atoms with van der Waals surface area (Å²) in [6.45, 7) is 11.4. The Morgan fingerprint density at radius 2 is 1.71 bits per heavy atom. The van der Waals surface area contributed by atoms with E-state index >= 15 is 0 Å². The summed E-state index contributed by atoms with van der Waals surface area (Å²) in [7, 11) is 2.18. The number of piperazine rings is 1. The summed E-state index contributed by atoms with van der Waals surface area (Å²) >= 11 is 0. The van der Waals surface area contributed by atoms with E-state index in [2.05, 4.69) is 32.5 Å². The van der Waals surface area contributed by atoms with Gasteiger partial charge in [-0.3, -0.25) is 19.3 Å². The minimum Gasteiger partial charge on any atom is -0.358 e. The van der Waals surface area contributed by atoms with Crippen LogP contribution >= 0.6 is 0 Å². The number of carbonyl (C=O) groups excluding carboxylic acids is 3. The number of fused-ring (bicyclic) bond motifs is 1. The van der Waals surface area contributed by atoms with Gasteiger partial charge in [0.1, 0.15) is 0 Å². The first-order valence-electron chi connectivity index (χ1n) is 16.2. The van der Waals surface area contributed by atoms with Gasteiger partial charge in [-0.25, -0.2) is 0 Å². The number of hydrogen-bond donors (Lipinski definition) is 3. The number of hydrogen-bond acceptors (Lipinski definition) is 5. The van der Waals surface area contributed by atoms with E-state index in [1.165, 1.54) is 12.8 Å². The molecule has 1 aromatic heterocycles. The molecule has 4 heterocycles.